The van der Waals surface area contributed by atoms with Crippen LogP contribution in [-0.2, 0) is 18.9 Å². The molecular formula is C31H25NO9. The summed E-state index contributed by atoms with van der Waals surface area (Å²) in [4.78, 5) is 51.8. The third-order valence-corrected chi connectivity index (χ3v) is 6.38. The molecule has 1 aliphatic heterocycles. The molecule has 5 rings (SSSR count). The summed E-state index contributed by atoms with van der Waals surface area (Å²) >= 11 is 0. The number of carbonyl (C=O) groups is 3. The van der Waals surface area contributed by atoms with E-state index in [1.165, 1.54) is 12.3 Å². The molecule has 0 aliphatic carbocycles. The zero-order chi connectivity index (χ0) is 28.8. The van der Waals surface area contributed by atoms with Gasteiger partial charge in [-0.15, -0.1) is 0 Å². The SMILES string of the molecule is O=C(OC[C@H]1O[C@@H](n2ccc(O)cc2=O)[C@@H](OC(=O)c2ccccc2)[C@@H]1OC(=O)c1ccccc1)c1ccccc1. The average Bonchev–Trinajstić information content (AvgIpc) is 3.33. The monoisotopic (exact) mass is 555 g/mol. The second-order valence-electron chi connectivity index (χ2n) is 9.13. The Morgan fingerprint density at radius 2 is 1.20 bits per heavy atom. The fraction of sp³-hybridized carbons (Fsp3) is 0.161. The molecule has 208 valence electrons. The lowest BCUT2D eigenvalue weighted by molar-refractivity contribution is -0.0635. The standard InChI is InChI=1S/C31H25NO9/c33-23-16-17-32(25(34)18-23)28-27(41-31(37)22-14-8-3-9-15-22)26(40-30(36)21-12-6-2-7-13-21)24(39-28)19-38-29(35)20-10-4-1-5-11-20/h1-18,24,26-28,33H,19H2/t24-,26-,27+,28-/m1/s1. The second-order valence-corrected chi connectivity index (χ2v) is 9.13. The van der Waals surface area contributed by atoms with E-state index in [0.29, 0.717) is 5.56 Å². The van der Waals surface area contributed by atoms with Gasteiger partial charge in [0.25, 0.3) is 5.56 Å². The van der Waals surface area contributed by atoms with Gasteiger partial charge in [-0.25, -0.2) is 14.4 Å². The van der Waals surface area contributed by atoms with Crippen LogP contribution in [0.1, 0.15) is 37.3 Å². The molecule has 1 fully saturated rings. The summed E-state index contributed by atoms with van der Waals surface area (Å²) in [7, 11) is 0. The van der Waals surface area contributed by atoms with Crippen molar-refractivity contribution in [2.75, 3.05) is 6.61 Å². The first-order chi connectivity index (χ1) is 19.9. The third kappa shape index (κ3) is 6.34. The van der Waals surface area contributed by atoms with Gasteiger partial charge in [-0.3, -0.25) is 9.36 Å². The summed E-state index contributed by atoms with van der Waals surface area (Å²) in [6.07, 6.45) is -3.78. The molecule has 0 bridgehead atoms. The van der Waals surface area contributed by atoms with Gasteiger partial charge in [0.05, 0.1) is 16.7 Å². The molecule has 41 heavy (non-hydrogen) atoms. The van der Waals surface area contributed by atoms with Crippen molar-refractivity contribution < 1.29 is 38.4 Å². The van der Waals surface area contributed by atoms with Gasteiger partial charge in [-0.05, 0) is 42.5 Å². The molecule has 4 aromatic rings. The van der Waals surface area contributed by atoms with Gasteiger partial charge < -0.3 is 24.1 Å². The smallest absolute Gasteiger partial charge is 0.338 e. The van der Waals surface area contributed by atoms with Crippen LogP contribution < -0.4 is 5.56 Å². The average molecular weight is 556 g/mol. The molecule has 4 atom stereocenters. The van der Waals surface area contributed by atoms with E-state index in [1.807, 2.05) is 0 Å². The molecule has 10 nitrogen and oxygen atoms in total. The molecule has 10 heteroatoms. The molecular weight excluding hydrogens is 530 g/mol. The maximum Gasteiger partial charge on any atom is 0.338 e. The fourth-order valence-corrected chi connectivity index (χ4v) is 4.37. The molecule has 1 N–H and O–H groups in total. The molecule has 2 heterocycles. The van der Waals surface area contributed by atoms with E-state index >= 15 is 0 Å². The Kier molecular flexibility index (Phi) is 8.21. The summed E-state index contributed by atoms with van der Waals surface area (Å²) < 4.78 is 24.3. The minimum atomic E-state index is -1.34. The van der Waals surface area contributed by atoms with E-state index < -0.39 is 48.0 Å². The first-order valence-corrected chi connectivity index (χ1v) is 12.7. The number of rotatable bonds is 8. The van der Waals surface area contributed by atoms with Gasteiger partial charge in [0.2, 0.25) is 0 Å². The molecule has 0 radical (unpaired) electrons. The van der Waals surface area contributed by atoms with Gasteiger partial charge in [0.1, 0.15) is 18.5 Å². The Morgan fingerprint density at radius 3 is 1.71 bits per heavy atom. The van der Waals surface area contributed by atoms with Crippen molar-refractivity contribution in [3.05, 3.63) is 136 Å². The van der Waals surface area contributed by atoms with Crippen LogP contribution in [0.25, 0.3) is 0 Å². The third-order valence-electron chi connectivity index (χ3n) is 6.38. The number of aromatic nitrogens is 1. The molecule has 0 amide bonds. The zero-order valence-electron chi connectivity index (χ0n) is 21.6. The highest BCUT2D eigenvalue weighted by Crippen LogP contribution is 2.35. The number of benzene rings is 3. The number of hydrogen-bond donors (Lipinski definition) is 1. The minimum Gasteiger partial charge on any atom is -0.508 e. The van der Waals surface area contributed by atoms with Crippen LogP contribution in [0.2, 0.25) is 0 Å². The number of carbonyl (C=O) groups excluding carboxylic acids is 3. The van der Waals surface area contributed by atoms with Crippen molar-refractivity contribution in [2.45, 2.75) is 24.5 Å². The first-order valence-electron chi connectivity index (χ1n) is 12.7. The quantitative estimate of drug-likeness (QED) is 0.255. The Bertz CT molecular complexity index is 1570. The van der Waals surface area contributed by atoms with Crippen molar-refractivity contribution >= 4 is 17.9 Å². The maximum absolute atomic E-state index is 13.1. The normalized spacial score (nSPS) is 19.7. The van der Waals surface area contributed by atoms with Gasteiger partial charge in [0, 0.05) is 12.3 Å². The highest BCUT2D eigenvalue weighted by Gasteiger charge is 2.51. The van der Waals surface area contributed by atoms with Gasteiger partial charge >= 0.3 is 17.9 Å². The van der Waals surface area contributed by atoms with Crippen molar-refractivity contribution in [3.8, 4) is 5.75 Å². The summed E-state index contributed by atoms with van der Waals surface area (Å²) in [6, 6.07) is 26.8. The van der Waals surface area contributed by atoms with Crippen LogP contribution >= 0.6 is 0 Å². The van der Waals surface area contributed by atoms with Crippen LogP contribution in [0.15, 0.2) is 114 Å². The van der Waals surface area contributed by atoms with Crippen LogP contribution in [0, 0.1) is 0 Å². The molecule has 1 saturated heterocycles. The first kappa shape index (κ1) is 27.4. The van der Waals surface area contributed by atoms with Crippen molar-refractivity contribution in [2.24, 2.45) is 0 Å². The van der Waals surface area contributed by atoms with E-state index in [4.69, 9.17) is 18.9 Å². The predicted octanol–water partition coefficient (Wildman–Crippen LogP) is 3.76. The summed E-state index contributed by atoms with van der Waals surface area (Å²) in [6.45, 7) is -0.386. The van der Waals surface area contributed by atoms with E-state index in [-0.39, 0.29) is 23.5 Å². The maximum atomic E-state index is 13.1. The highest BCUT2D eigenvalue weighted by atomic mass is 16.7. The summed E-state index contributed by atoms with van der Waals surface area (Å²) in [5, 5.41) is 9.78. The van der Waals surface area contributed by atoms with Crippen molar-refractivity contribution in [3.63, 3.8) is 0 Å². The van der Waals surface area contributed by atoms with Crippen LogP contribution in [0.4, 0.5) is 0 Å². The largest absolute Gasteiger partial charge is 0.508 e. The second kappa shape index (κ2) is 12.3. The number of ether oxygens (including phenoxy) is 4. The van der Waals surface area contributed by atoms with Crippen molar-refractivity contribution in [1.82, 2.24) is 4.57 Å². The van der Waals surface area contributed by atoms with Crippen molar-refractivity contribution in [1.29, 1.82) is 0 Å². The Balaban J connectivity index is 1.49. The van der Waals surface area contributed by atoms with Gasteiger partial charge in [0.15, 0.2) is 18.4 Å². The lowest BCUT2D eigenvalue weighted by Gasteiger charge is -2.25. The summed E-state index contributed by atoms with van der Waals surface area (Å²) in [5.74, 6) is -2.41. The number of aromatic hydroxyl groups is 1. The minimum absolute atomic E-state index is 0.219. The molecule has 0 spiro atoms. The predicted molar refractivity (Wildman–Crippen MR) is 144 cm³/mol. The Labute approximate surface area is 234 Å². The molecule has 1 aromatic heterocycles. The fourth-order valence-electron chi connectivity index (χ4n) is 4.37. The molecule has 0 saturated carbocycles. The highest BCUT2D eigenvalue weighted by molar-refractivity contribution is 5.91. The van der Waals surface area contributed by atoms with Gasteiger partial charge in [-0.2, -0.15) is 0 Å². The van der Waals surface area contributed by atoms with Crippen LogP contribution in [-0.4, -0.2) is 52.5 Å². The number of pyridine rings is 1. The van der Waals surface area contributed by atoms with E-state index in [2.05, 4.69) is 0 Å². The van der Waals surface area contributed by atoms with E-state index in [1.54, 1.807) is 91.0 Å². The lowest BCUT2D eigenvalue weighted by atomic mass is 10.1. The number of esters is 3. The lowest BCUT2D eigenvalue weighted by Crippen LogP contribution is -2.42. The van der Waals surface area contributed by atoms with Crippen LogP contribution in [0.5, 0.6) is 5.75 Å². The Hall–Kier alpha value is -5.22. The van der Waals surface area contributed by atoms with E-state index in [9.17, 15) is 24.3 Å². The Morgan fingerprint density at radius 1 is 0.707 bits per heavy atom. The van der Waals surface area contributed by atoms with E-state index in [0.717, 1.165) is 10.6 Å². The zero-order valence-corrected chi connectivity index (χ0v) is 21.6. The number of hydrogen-bond acceptors (Lipinski definition) is 9. The molecule has 0 unspecified atom stereocenters. The van der Waals surface area contributed by atoms with Gasteiger partial charge in [-0.1, -0.05) is 54.6 Å². The topological polar surface area (TPSA) is 130 Å². The van der Waals surface area contributed by atoms with Crippen LogP contribution in [0.3, 0.4) is 0 Å². The molecule has 1 aliphatic rings. The number of nitrogens with zero attached hydrogens (tertiary/aromatic N) is 1. The summed E-state index contributed by atoms with van der Waals surface area (Å²) in [5.41, 5.74) is 0.0785. The molecule has 3 aromatic carbocycles.